The van der Waals surface area contributed by atoms with Gasteiger partial charge in [-0.1, -0.05) is 18.2 Å². The number of furan rings is 1. The molecule has 2 atom stereocenters. The lowest BCUT2D eigenvalue weighted by atomic mass is 10.1. The number of carbonyl (C=O) groups excluding carboxylic acids is 2. The molecule has 162 valence electrons. The van der Waals surface area contributed by atoms with E-state index in [-0.39, 0.29) is 24.3 Å². The Kier molecular flexibility index (Phi) is 5.59. The van der Waals surface area contributed by atoms with E-state index >= 15 is 0 Å². The van der Waals surface area contributed by atoms with Gasteiger partial charge in [-0.15, -0.1) is 0 Å². The number of carbonyl (C=O) groups is 2. The first-order valence-electron chi connectivity index (χ1n) is 10.2. The predicted octanol–water partition coefficient (Wildman–Crippen LogP) is 4.02. The molecular formula is C24H26N2O5. The molecule has 0 saturated carbocycles. The molecule has 1 fully saturated rings. The fraction of sp³-hybridized carbons (Fsp3) is 0.333. The molecule has 3 aromatic rings. The number of hydrogen-bond acceptors (Lipinski definition) is 5. The first-order valence-corrected chi connectivity index (χ1v) is 10.2. The molecule has 2 amide bonds. The van der Waals surface area contributed by atoms with Crippen molar-refractivity contribution in [2.45, 2.75) is 19.4 Å². The van der Waals surface area contributed by atoms with Gasteiger partial charge in [0.05, 0.1) is 31.9 Å². The summed E-state index contributed by atoms with van der Waals surface area (Å²) in [6, 6.07) is 14.7. The average molecular weight is 422 g/mol. The second-order valence-corrected chi connectivity index (χ2v) is 7.75. The molecule has 31 heavy (non-hydrogen) atoms. The van der Waals surface area contributed by atoms with Crippen LogP contribution in [0.5, 0.6) is 11.5 Å². The Labute approximate surface area is 181 Å². The third-order valence-electron chi connectivity index (χ3n) is 5.94. The summed E-state index contributed by atoms with van der Waals surface area (Å²) in [4.78, 5) is 29.3. The molecule has 4 rings (SSSR count). The number of amides is 2. The van der Waals surface area contributed by atoms with E-state index in [4.69, 9.17) is 13.9 Å². The molecule has 7 heteroatoms. The Bertz CT molecular complexity index is 1090. The van der Waals surface area contributed by atoms with Gasteiger partial charge in [0.1, 0.15) is 22.8 Å². The highest BCUT2D eigenvalue weighted by Crippen LogP contribution is 2.37. The normalized spacial score (nSPS) is 17.1. The Balaban J connectivity index is 1.52. The topological polar surface area (TPSA) is 72.2 Å². The summed E-state index contributed by atoms with van der Waals surface area (Å²) in [5, 5.41) is 0.998. The minimum Gasteiger partial charge on any atom is -0.497 e. The maximum Gasteiger partial charge on any atom is 0.228 e. The van der Waals surface area contributed by atoms with Gasteiger partial charge in [-0.05, 0) is 31.2 Å². The first-order chi connectivity index (χ1) is 14.9. The van der Waals surface area contributed by atoms with E-state index in [9.17, 15) is 9.59 Å². The van der Waals surface area contributed by atoms with E-state index in [1.165, 1.54) is 0 Å². The Morgan fingerprint density at radius 2 is 1.94 bits per heavy atom. The van der Waals surface area contributed by atoms with Gasteiger partial charge in [-0.3, -0.25) is 9.59 Å². The van der Waals surface area contributed by atoms with Crippen LogP contribution in [0.1, 0.15) is 25.1 Å². The lowest BCUT2D eigenvalue weighted by Gasteiger charge is -2.26. The Morgan fingerprint density at radius 3 is 2.65 bits per heavy atom. The molecule has 0 spiro atoms. The number of ether oxygens (including phenoxy) is 2. The van der Waals surface area contributed by atoms with E-state index in [1.807, 2.05) is 37.3 Å². The predicted molar refractivity (Wildman–Crippen MR) is 117 cm³/mol. The quantitative estimate of drug-likeness (QED) is 0.600. The molecule has 0 radical (unpaired) electrons. The fourth-order valence-electron chi connectivity index (χ4n) is 3.99. The van der Waals surface area contributed by atoms with Crippen LogP contribution < -0.4 is 14.4 Å². The van der Waals surface area contributed by atoms with E-state index in [0.29, 0.717) is 29.5 Å². The van der Waals surface area contributed by atoms with Gasteiger partial charge in [0.2, 0.25) is 11.8 Å². The van der Waals surface area contributed by atoms with Crippen molar-refractivity contribution >= 4 is 28.5 Å². The maximum atomic E-state index is 13.2. The van der Waals surface area contributed by atoms with Crippen molar-refractivity contribution in [2.24, 2.45) is 5.92 Å². The molecule has 1 aliphatic rings. The number of nitrogens with zero attached hydrogens (tertiary/aromatic N) is 2. The van der Waals surface area contributed by atoms with Crippen LogP contribution in [0.15, 0.2) is 52.9 Å². The molecule has 0 aliphatic carbocycles. The summed E-state index contributed by atoms with van der Waals surface area (Å²) in [7, 11) is 4.87. The summed E-state index contributed by atoms with van der Waals surface area (Å²) < 4.78 is 16.6. The SMILES string of the molecule is COc1ccc(OC)c(N2CC(C(=O)N(C)C(C)c3cc4ccccc4o3)CC2=O)c1. The van der Waals surface area contributed by atoms with Crippen molar-refractivity contribution in [3.05, 3.63) is 54.3 Å². The van der Waals surface area contributed by atoms with Crippen LogP contribution in [0.25, 0.3) is 11.0 Å². The Hall–Kier alpha value is -3.48. The van der Waals surface area contributed by atoms with Gasteiger partial charge in [0.15, 0.2) is 0 Å². The molecule has 2 unspecified atom stereocenters. The molecule has 2 aromatic carbocycles. The minimum atomic E-state index is -0.444. The maximum absolute atomic E-state index is 13.2. The van der Waals surface area contributed by atoms with E-state index in [0.717, 1.165) is 11.0 Å². The third-order valence-corrected chi connectivity index (χ3v) is 5.94. The Morgan fingerprint density at radius 1 is 1.16 bits per heavy atom. The van der Waals surface area contributed by atoms with Gasteiger partial charge in [0.25, 0.3) is 0 Å². The van der Waals surface area contributed by atoms with Crippen molar-refractivity contribution in [2.75, 3.05) is 32.7 Å². The van der Waals surface area contributed by atoms with Gasteiger partial charge in [-0.2, -0.15) is 0 Å². The number of anilines is 1. The van der Waals surface area contributed by atoms with Crippen molar-refractivity contribution in [1.82, 2.24) is 4.90 Å². The summed E-state index contributed by atoms with van der Waals surface area (Å²) >= 11 is 0. The van der Waals surface area contributed by atoms with Crippen LogP contribution in [-0.4, -0.2) is 44.5 Å². The van der Waals surface area contributed by atoms with Crippen LogP contribution in [0.4, 0.5) is 5.69 Å². The number of benzene rings is 2. The molecular weight excluding hydrogens is 396 g/mol. The van der Waals surface area contributed by atoms with Gasteiger partial charge >= 0.3 is 0 Å². The highest BCUT2D eigenvalue weighted by molar-refractivity contribution is 6.01. The van der Waals surface area contributed by atoms with E-state index in [1.54, 1.807) is 49.3 Å². The molecule has 0 bridgehead atoms. The zero-order valence-electron chi connectivity index (χ0n) is 18.1. The highest BCUT2D eigenvalue weighted by atomic mass is 16.5. The summed E-state index contributed by atoms with van der Waals surface area (Å²) in [5.74, 6) is 1.24. The van der Waals surface area contributed by atoms with Crippen LogP contribution >= 0.6 is 0 Å². The first kappa shape index (κ1) is 20.8. The molecule has 0 N–H and O–H groups in total. The zero-order valence-corrected chi connectivity index (χ0v) is 18.1. The summed E-state index contributed by atoms with van der Waals surface area (Å²) in [6.45, 7) is 2.22. The van der Waals surface area contributed by atoms with Crippen molar-refractivity contribution < 1.29 is 23.5 Å². The summed E-state index contributed by atoms with van der Waals surface area (Å²) in [6.07, 6.45) is 0.149. The van der Waals surface area contributed by atoms with Gasteiger partial charge in [0, 0.05) is 31.5 Å². The van der Waals surface area contributed by atoms with Crippen molar-refractivity contribution in [1.29, 1.82) is 0 Å². The average Bonchev–Trinajstić information content (AvgIpc) is 3.40. The molecule has 1 aromatic heterocycles. The fourth-order valence-corrected chi connectivity index (χ4v) is 3.99. The van der Waals surface area contributed by atoms with Crippen LogP contribution in [0.3, 0.4) is 0 Å². The van der Waals surface area contributed by atoms with E-state index < -0.39 is 5.92 Å². The summed E-state index contributed by atoms with van der Waals surface area (Å²) in [5.41, 5.74) is 1.40. The molecule has 1 saturated heterocycles. The lowest BCUT2D eigenvalue weighted by Crippen LogP contribution is -2.36. The number of rotatable bonds is 6. The largest absolute Gasteiger partial charge is 0.497 e. The monoisotopic (exact) mass is 422 g/mol. The third kappa shape index (κ3) is 3.83. The smallest absolute Gasteiger partial charge is 0.228 e. The molecule has 1 aliphatic heterocycles. The van der Waals surface area contributed by atoms with E-state index in [2.05, 4.69) is 0 Å². The second-order valence-electron chi connectivity index (χ2n) is 7.75. The van der Waals surface area contributed by atoms with Crippen molar-refractivity contribution in [3.63, 3.8) is 0 Å². The van der Waals surface area contributed by atoms with Gasteiger partial charge in [-0.25, -0.2) is 0 Å². The van der Waals surface area contributed by atoms with Gasteiger partial charge < -0.3 is 23.7 Å². The van der Waals surface area contributed by atoms with Crippen LogP contribution in [0.2, 0.25) is 0 Å². The van der Waals surface area contributed by atoms with Crippen LogP contribution in [0, 0.1) is 5.92 Å². The molecule has 7 nitrogen and oxygen atoms in total. The number of hydrogen-bond donors (Lipinski definition) is 0. The lowest BCUT2D eigenvalue weighted by molar-refractivity contribution is -0.136. The van der Waals surface area contributed by atoms with Crippen molar-refractivity contribution in [3.8, 4) is 11.5 Å². The minimum absolute atomic E-state index is 0.0920. The highest BCUT2D eigenvalue weighted by Gasteiger charge is 2.39. The standard InChI is InChI=1S/C24H26N2O5/c1-15(22-11-16-7-5-6-8-20(16)31-22)25(2)24(28)17-12-23(27)26(14-17)19-13-18(29-3)9-10-21(19)30-4/h5-11,13,15,17H,12,14H2,1-4H3. The number of methoxy groups -OCH3 is 2. The number of fused-ring (bicyclic) bond motifs is 1. The molecule has 2 heterocycles. The zero-order chi connectivity index (χ0) is 22.1. The number of para-hydroxylation sites is 1. The second kappa shape index (κ2) is 8.34. The van der Waals surface area contributed by atoms with Crippen LogP contribution in [-0.2, 0) is 9.59 Å².